The zero-order valence-electron chi connectivity index (χ0n) is 9.83. The number of carbonyl (C=O) groups is 2. The van der Waals surface area contributed by atoms with Crippen molar-refractivity contribution in [2.45, 2.75) is 13.3 Å². The zero-order chi connectivity index (χ0) is 12.8. The molecule has 5 nitrogen and oxygen atoms in total. The van der Waals surface area contributed by atoms with Gasteiger partial charge in [-0.15, -0.1) is 0 Å². The summed E-state index contributed by atoms with van der Waals surface area (Å²) < 4.78 is 5.40. The molecule has 94 valence electrons. The van der Waals surface area contributed by atoms with Gasteiger partial charge in [-0.3, -0.25) is 9.59 Å². The van der Waals surface area contributed by atoms with Crippen molar-refractivity contribution < 1.29 is 14.0 Å². The van der Waals surface area contributed by atoms with Crippen LogP contribution in [0.1, 0.15) is 23.7 Å². The molecule has 1 aromatic heterocycles. The van der Waals surface area contributed by atoms with Crippen LogP contribution in [0.25, 0.3) is 0 Å². The second-order valence-electron chi connectivity index (χ2n) is 3.51. The molecule has 2 amide bonds. The van der Waals surface area contributed by atoms with Crippen LogP contribution in [-0.2, 0) is 4.79 Å². The molecule has 0 saturated heterocycles. The smallest absolute Gasteiger partial charge is 0.258 e. The lowest BCUT2D eigenvalue weighted by Gasteiger charge is -2.20. The maximum absolute atomic E-state index is 12.1. The Bertz CT molecular complexity index is 403. The minimum absolute atomic E-state index is 0.0563. The monoisotopic (exact) mass is 302 g/mol. The Kier molecular flexibility index (Phi) is 5.21. The van der Waals surface area contributed by atoms with E-state index >= 15 is 0 Å². The van der Waals surface area contributed by atoms with Gasteiger partial charge >= 0.3 is 0 Å². The SMILES string of the molecule is CCCN(CC(=O)NC)C(=O)c1ccoc1Br. The van der Waals surface area contributed by atoms with E-state index in [4.69, 9.17) is 4.42 Å². The molecule has 0 aliphatic heterocycles. The molecule has 0 fully saturated rings. The summed E-state index contributed by atoms with van der Waals surface area (Å²) in [5.74, 6) is -0.400. The van der Waals surface area contributed by atoms with E-state index in [2.05, 4.69) is 21.2 Å². The predicted octanol–water partition coefficient (Wildman–Crippen LogP) is 1.64. The third kappa shape index (κ3) is 3.59. The normalized spacial score (nSPS) is 10.1. The number of furan rings is 1. The van der Waals surface area contributed by atoms with Crippen molar-refractivity contribution in [3.8, 4) is 0 Å². The third-order valence-corrected chi connectivity index (χ3v) is 2.86. The van der Waals surface area contributed by atoms with E-state index in [1.54, 1.807) is 13.1 Å². The first-order chi connectivity index (χ1) is 8.10. The second-order valence-corrected chi connectivity index (χ2v) is 4.23. The van der Waals surface area contributed by atoms with Crippen molar-refractivity contribution in [1.29, 1.82) is 0 Å². The van der Waals surface area contributed by atoms with E-state index in [0.717, 1.165) is 6.42 Å². The first-order valence-electron chi connectivity index (χ1n) is 5.33. The van der Waals surface area contributed by atoms with Gasteiger partial charge in [0.1, 0.15) is 0 Å². The summed E-state index contributed by atoms with van der Waals surface area (Å²) in [6.45, 7) is 2.54. The fraction of sp³-hybridized carbons (Fsp3) is 0.455. The van der Waals surface area contributed by atoms with Gasteiger partial charge in [-0.1, -0.05) is 6.92 Å². The maximum Gasteiger partial charge on any atom is 0.258 e. The topological polar surface area (TPSA) is 62.6 Å². The predicted molar refractivity (Wildman–Crippen MR) is 66.7 cm³/mol. The van der Waals surface area contributed by atoms with Crippen LogP contribution in [0.2, 0.25) is 0 Å². The molecule has 1 rings (SSSR count). The molecular formula is C11H15BrN2O3. The summed E-state index contributed by atoms with van der Waals surface area (Å²) in [5, 5.41) is 2.50. The van der Waals surface area contributed by atoms with Crippen LogP contribution in [-0.4, -0.2) is 36.9 Å². The van der Waals surface area contributed by atoms with E-state index in [0.29, 0.717) is 16.8 Å². The molecule has 0 aliphatic rings. The number of nitrogens with one attached hydrogen (secondary N) is 1. The van der Waals surface area contributed by atoms with Crippen molar-refractivity contribution in [2.75, 3.05) is 20.1 Å². The fourth-order valence-corrected chi connectivity index (χ4v) is 1.80. The molecule has 17 heavy (non-hydrogen) atoms. The summed E-state index contributed by atoms with van der Waals surface area (Å²) >= 11 is 3.15. The van der Waals surface area contributed by atoms with E-state index in [1.807, 2.05) is 6.92 Å². The molecule has 0 spiro atoms. The van der Waals surface area contributed by atoms with Gasteiger partial charge in [0.05, 0.1) is 18.4 Å². The van der Waals surface area contributed by atoms with Crippen LogP contribution >= 0.6 is 15.9 Å². The van der Waals surface area contributed by atoms with Crippen molar-refractivity contribution in [2.24, 2.45) is 0 Å². The molecule has 1 heterocycles. The molecule has 0 unspecified atom stereocenters. The van der Waals surface area contributed by atoms with Gasteiger partial charge in [-0.05, 0) is 28.4 Å². The van der Waals surface area contributed by atoms with E-state index in [1.165, 1.54) is 11.2 Å². The largest absolute Gasteiger partial charge is 0.457 e. The summed E-state index contributed by atoms with van der Waals surface area (Å²) in [4.78, 5) is 24.9. The van der Waals surface area contributed by atoms with Crippen molar-refractivity contribution in [1.82, 2.24) is 10.2 Å². The highest BCUT2D eigenvalue weighted by atomic mass is 79.9. The molecule has 0 radical (unpaired) electrons. The average molecular weight is 303 g/mol. The van der Waals surface area contributed by atoms with E-state index in [9.17, 15) is 9.59 Å². The van der Waals surface area contributed by atoms with E-state index in [-0.39, 0.29) is 18.4 Å². The summed E-state index contributed by atoms with van der Waals surface area (Å²) in [6.07, 6.45) is 2.22. The Morgan fingerprint density at radius 1 is 1.53 bits per heavy atom. The summed E-state index contributed by atoms with van der Waals surface area (Å²) in [7, 11) is 1.55. The molecule has 0 saturated carbocycles. The molecule has 0 aliphatic carbocycles. The second kappa shape index (κ2) is 6.44. The molecule has 0 bridgehead atoms. The number of likely N-dealkylation sites (N-methyl/N-ethyl adjacent to an activating group) is 1. The number of nitrogens with zero attached hydrogens (tertiary/aromatic N) is 1. The standard InChI is InChI=1S/C11H15BrN2O3/c1-3-5-14(7-9(15)13-2)11(16)8-4-6-17-10(8)12/h4,6H,3,5,7H2,1-2H3,(H,13,15). The van der Waals surface area contributed by atoms with Gasteiger partial charge in [-0.2, -0.15) is 0 Å². The molecule has 0 aromatic carbocycles. The quantitative estimate of drug-likeness (QED) is 0.899. The first-order valence-corrected chi connectivity index (χ1v) is 6.12. The molecule has 6 heteroatoms. The minimum Gasteiger partial charge on any atom is -0.457 e. The van der Waals surface area contributed by atoms with Crippen LogP contribution < -0.4 is 5.32 Å². The number of carbonyl (C=O) groups excluding carboxylic acids is 2. The Morgan fingerprint density at radius 2 is 2.24 bits per heavy atom. The van der Waals surface area contributed by atoms with Gasteiger partial charge in [-0.25, -0.2) is 0 Å². The van der Waals surface area contributed by atoms with Gasteiger partial charge in [0.15, 0.2) is 4.67 Å². The van der Waals surface area contributed by atoms with E-state index < -0.39 is 0 Å². The third-order valence-electron chi connectivity index (χ3n) is 2.24. The molecule has 1 aromatic rings. The number of hydrogen-bond acceptors (Lipinski definition) is 3. The highest BCUT2D eigenvalue weighted by Crippen LogP contribution is 2.19. The Balaban J connectivity index is 2.80. The first kappa shape index (κ1) is 13.8. The summed E-state index contributed by atoms with van der Waals surface area (Å²) in [6, 6.07) is 1.58. The lowest BCUT2D eigenvalue weighted by Crippen LogP contribution is -2.40. The maximum atomic E-state index is 12.1. The van der Waals surface area contributed by atoms with Crippen molar-refractivity contribution in [3.05, 3.63) is 22.6 Å². The minimum atomic E-state index is -0.212. The van der Waals surface area contributed by atoms with Crippen LogP contribution in [0.3, 0.4) is 0 Å². The highest BCUT2D eigenvalue weighted by Gasteiger charge is 2.21. The lowest BCUT2D eigenvalue weighted by molar-refractivity contribution is -0.121. The van der Waals surface area contributed by atoms with Crippen LogP contribution in [0, 0.1) is 0 Å². The van der Waals surface area contributed by atoms with Crippen molar-refractivity contribution >= 4 is 27.7 Å². The Morgan fingerprint density at radius 3 is 2.71 bits per heavy atom. The van der Waals surface area contributed by atoms with Crippen LogP contribution in [0.5, 0.6) is 0 Å². The molecule has 0 atom stereocenters. The molecular weight excluding hydrogens is 288 g/mol. The van der Waals surface area contributed by atoms with Gasteiger partial charge in [0.25, 0.3) is 5.91 Å². The number of hydrogen-bond donors (Lipinski definition) is 1. The summed E-state index contributed by atoms with van der Waals surface area (Å²) in [5.41, 5.74) is 0.433. The number of amides is 2. The van der Waals surface area contributed by atoms with Crippen molar-refractivity contribution in [3.63, 3.8) is 0 Å². The fourth-order valence-electron chi connectivity index (χ4n) is 1.39. The molecule has 1 N–H and O–H groups in total. The lowest BCUT2D eigenvalue weighted by atomic mass is 10.2. The Labute approximate surface area is 108 Å². The van der Waals surface area contributed by atoms with Crippen LogP contribution in [0.15, 0.2) is 21.4 Å². The van der Waals surface area contributed by atoms with Gasteiger partial charge in [0.2, 0.25) is 5.91 Å². The Hall–Kier alpha value is -1.30. The van der Waals surface area contributed by atoms with Crippen LogP contribution in [0.4, 0.5) is 0 Å². The number of halogens is 1. The van der Waals surface area contributed by atoms with Gasteiger partial charge in [0, 0.05) is 13.6 Å². The highest BCUT2D eigenvalue weighted by molar-refractivity contribution is 9.10. The zero-order valence-corrected chi connectivity index (χ0v) is 11.4. The average Bonchev–Trinajstić information content (AvgIpc) is 2.73. The number of rotatable bonds is 5. The van der Waals surface area contributed by atoms with Gasteiger partial charge < -0.3 is 14.6 Å².